The average Bonchev–Trinajstić information content (AvgIpc) is 2.66. The molecule has 1 unspecified atom stereocenters. The smallest absolute Gasteiger partial charge is 0.239 e. The molecule has 1 heterocycles. The fraction of sp³-hybridized carbons (Fsp3) is 0.381. The molecule has 144 valence electrons. The van der Waals surface area contributed by atoms with Gasteiger partial charge in [-0.3, -0.25) is 4.79 Å². The molecule has 1 N–H and O–H groups in total. The number of ether oxygens (including phenoxy) is 2. The lowest BCUT2D eigenvalue weighted by Crippen LogP contribution is -2.41. The van der Waals surface area contributed by atoms with Crippen molar-refractivity contribution in [2.24, 2.45) is 0 Å². The quantitative estimate of drug-likeness (QED) is 0.786. The van der Waals surface area contributed by atoms with E-state index in [4.69, 9.17) is 9.47 Å². The van der Waals surface area contributed by atoms with Gasteiger partial charge in [0.1, 0.15) is 0 Å². The number of fused-ring (bicyclic) bond motifs is 1. The Morgan fingerprint density at radius 2 is 2.07 bits per heavy atom. The van der Waals surface area contributed by atoms with Crippen LogP contribution in [0.15, 0.2) is 47.4 Å². The number of carbonyl (C=O) groups excluding carboxylic acids is 1. The van der Waals surface area contributed by atoms with Crippen molar-refractivity contribution in [2.75, 3.05) is 31.7 Å². The van der Waals surface area contributed by atoms with Gasteiger partial charge in [0.05, 0.1) is 25.9 Å². The highest BCUT2D eigenvalue weighted by Gasteiger charge is 2.23. The van der Waals surface area contributed by atoms with Crippen molar-refractivity contribution in [1.29, 1.82) is 0 Å². The Morgan fingerprint density at radius 3 is 2.85 bits per heavy atom. The summed E-state index contributed by atoms with van der Waals surface area (Å²) in [7, 11) is 1.62. The molecule has 2 aromatic carbocycles. The Kier molecular flexibility index (Phi) is 6.50. The molecule has 0 radical (unpaired) electrons. The van der Waals surface area contributed by atoms with Gasteiger partial charge in [0.15, 0.2) is 11.5 Å². The molecule has 27 heavy (non-hydrogen) atoms. The van der Waals surface area contributed by atoms with Crippen LogP contribution < -0.4 is 19.7 Å². The van der Waals surface area contributed by atoms with Crippen molar-refractivity contribution >= 4 is 23.4 Å². The van der Waals surface area contributed by atoms with E-state index in [1.54, 1.807) is 7.11 Å². The predicted octanol–water partition coefficient (Wildman–Crippen LogP) is 3.71. The van der Waals surface area contributed by atoms with Crippen LogP contribution in [0.25, 0.3) is 0 Å². The molecule has 1 amide bonds. The fourth-order valence-corrected chi connectivity index (χ4v) is 4.32. The van der Waals surface area contributed by atoms with E-state index < -0.39 is 0 Å². The van der Waals surface area contributed by atoms with E-state index in [2.05, 4.69) is 29.3 Å². The van der Waals surface area contributed by atoms with Crippen LogP contribution in [0.1, 0.15) is 19.4 Å². The summed E-state index contributed by atoms with van der Waals surface area (Å²) < 4.78 is 10.9. The molecule has 0 bridgehead atoms. The van der Waals surface area contributed by atoms with E-state index in [9.17, 15) is 4.79 Å². The number of benzene rings is 2. The topological polar surface area (TPSA) is 50.8 Å². The largest absolute Gasteiger partial charge is 0.493 e. The number of thioether (sulfide) groups is 1. The number of hydrogen-bond acceptors (Lipinski definition) is 5. The van der Waals surface area contributed by atoms with Crippen molar-refractivity contribution in [3.05, 3.63) is 48.0 Å². The number of nitrogens with one attached hydrogen (secondary N) is 1. The summed E-state index contributed by atoms with van der Waals surface area (Å²) in [5.41, 5.74) is 2.12. The number of para-hydroxylation sites is 1. The number of amides is 1. The van der Waals surface area contributed by atoms with Crippen molar-refractivity contribution in [2.45, 2.75) is 30.5 Å². The monoisotopic (exact) mass is 386 g/mol. The minimum atomic E-state index is 0.0117. The molecule has 1 aliphatic heterocycles. The van der Waals surface area contributed by atoms with Crippen LogP contribution in [0.5, 0.6) is 11.5 Å². The van der Waals surface area contributed by atoms with Crippen LogP contribution in [0.2, 0.25) is 0 Å². The van der Waals surface area contributed by atoms with E-state index in [0.29, 0.717) is 36.4 Å². The maximum absolute atomic E-state index is 12.5. The van der Waals surface area contributed by atoms with Gasteiger partial charge in [-0.1, -0.05) is 25.1 Å². The summed E-state index contributed by atoms with van der Waals surface area (Å²) in [5, 5.41) is 3.48. The number of anilines is 1. The van der Waals surface area contributed by atoms with E-state index in [-0.39, 0.29) is 5.91 Å². The molecule has 1 atom stereocenters. The fourth-order valence-electron chi connectivity index (χ4n) is 3.16. The normalized spacial score (nSPS) is 15.8. The van der Waals surface area contributed by atoms with Crippen LogP contribution in [-0.2, 0) is 11.3 Å². The maximum atomic E-state index is 12.5. The zero-order chi connectivity index (χ0) is 19.2. The van der Waals surface area contributed by atoms with E-state index in [0.717, 1.165) is 17.8 Å². The van der Waals surface area contributed by atoms with Crippen molar-refractivity contribution in [1.82, 2.24) is 5.32 Å². The molecule has 0 aromatic heterocycles. The van der Waals surface area contributed by atoms with Gasteiger partial charge < -0.3 is 19.7 Å². The first-order valence-corrected chi connectivity index (χ1v) is 10.1. The van der Waals surface area contributed by atoms with Gasteiger partial charge in [-0.15, -0.1) is 11.8 Å². The van der Waals surface area contributed by atoms with Gasteiger partial charge in [0.25, 0.3) is 0 Å². The van der Waals surface area contributed by atoms with Gasteiger partial charge in [-0.2, -0.15) is 0 Å². The minimum absolute atomic E-state index is 0.0117. The Bertz CT molecular complexity index is 797. The van der Waals surface area contributed by atoms with Crippen molar-refractivity contribution < 1.29 is 14.3 Å². The first-order valence-electron chi connectivity index (χ1n) is 9.17. The maximum Gasteiger partial charge on any atom is 0.239 e. The van der Waals surface area contributed by atoms with Gasteiger partial charge >= 0.3 is 0 Å². The first kappa shape index (κ1) is 19.4. The number of rotatable bonds is 7. The third-order valence-corrected chi connectivity index (χ3v) is 5.51. The van der Waals surface area contributed by atoms with Crippen LogP contribution in [-0.4, -0.2) is 38.0 Å². The second-order valence-electron chi connectivity index (χ2n) is 6.47. The molecule has 0 aliphatic carbocycles. The first-order chi connectivity index (χ1) is 13.1. The molecule has 2 aromatic rings. The van der Waals surface area contributed by atoms with Gasteiger partial charge in [0.2, 0.25) is 5.91 Å². The SMILES string of the molecule is CCOc1cc(CNC(=O)CN2CC(C)Sc3ccccc32)ccc1OC. The number of carbonyl (C=O) groups is 1. The van der Waals surface area contributed by atoms with Gasteiger partial charge in [0, 0.05) is 23.2 Å². The van der Waals surface area contributed by atoms with Crippen LogP contribution in [0.4, 0.5) is 5.69 Å². The summed E-state index contributed by atoms with van der Waals surface area (Å²) in [6, 6.07) is 14.0. The zero-order valence-corrected chi connectivity index (χ0v) is 16.8. The summed E-state index contributed by atoms with van der Waals surface area (Å²) in [4.78, 5) is 15.9. The second kappa shape index (κ2) is 9.04. The van der Waals surface area contributed by atoms with E-state index in [1.807, 2.05) is 49.0 Å². The molecule has 6 heteroatoms. The third kappa shape index (κ3) is 4.89. The summed E-state index contributed by atoms with van der Waals surface area (Å²) in [5.74, 6) is 1.41. The lowest BCUT2D eigenvalue weighted by molar-refractivity contribution is -0.119. The number of methoxy groups -OCH3 is 1. The standard InChI is InChI=1S/C21H26N2O3S/c1-4-26-19-11-16(9-10-18(19)25-3)12-22-21(24)14-23-13-15(2)27-20-8-6-5-7-17(20)23/h5-11,15H,4,12-14H2,1-3H3,(H,22,24). The lowest BCUT2D eigenvalue weighted by Gasteiger charge is -2.33. The molecule has 0 fully saturated rings. The molecule has 1 aliphatic rings. The highest BCUT2D eigenvalue weighted by Crippen LogP contribution is 2.37. The number of nitrogens with zero attached hydrogens (tertiary/aromatic N) is 1. The number of hydrogen-bond donors (Lipinski definition) is 1. The molecular formula is C21H26N2O3S. The second-order valence-corrected chi connectivity index (χ2v) is 7.95. The molecule has 0 saturated heterocycles. The summed E-state index contributed by atoms with van der Waals surface area (Å²) >= 11 is 1.86. The van der Waals surface area contributed by atoms with Gasteiger partial charge in [-0.05, 0) is 36.8 Å². The van der Waals surface area contributed by atoms with Crippen molar-refractivity contribution in [3.8, 4) is 11.5 Å². The van der Waals surface area contributed by atoms with Crippen LogP contribution in [0, 0.1) is 0 Å². The average molecular weight is 387 g/mol. The zero-order valence-electron chi connectivity index (χ0n) is 16.0. The highest BCUT2D eigenvalue weighted by atomic mass is 32.2. The molecule has 0 spiro atoms. The van der Waals surface area contributed by atoms with Crippen LogP contribution >= 0.6 is 11.8 Å². The minimum Gasteiger partial charge on any atom is -0.493 e. The third-order valence-electron chi connectivity index (χ3n) is 4.36. The lowest BCUT2D eigenvalue weighted by atomic mass is 10.2. The van der Waals surface area contributed by atoms with Gasteiger partial charge in [-0.25, -0.2) is 0 Å². The van der Waals surface area contributed by atoms with E-state index >= 15 is 0 Å². The Labute approximate surface area is 165 Å². The molecule has 0 saturated carbocycles. The molecular weight excluding hydrogens is 360 g/mol. The van der Waals surface area contributed by atoms with Crippen molar-refractivity contribution in [3.63, 3.8) is 0 Å². The van der Waals surface area contributed by atoms with E-state index in [1.165, 1.54) is 4.90 Å². The summed E-state index contributed by atoms with van der Waals surface area (Å²) in [6.07, 6.45) is 0. The summed E-state index contributed by atoms with van der Waals surface area (Å²) in [6.45, 7) is 6.38. The van der Waals surface area contributed by atoms with Crippen LogP contribution in [0.3, 0.4) is 0 Å². The predicted molar refractivity (Wildman–Crippen MR) is 110 cm³/mol. The molecule has 5 nitrogen and oxygen atoms in total. The Morgan fingerprint density at radius 1 is 1.26 bits per heavy atom. The highest BCUT2D eigenvalue weighted by molar-refractivity contribution is 8.00. The Hall–Kier alpha value is -2.34. The Balaban J connectivity index is 1.61. The molecule has 3 rings (SSSR count).